The lowest BCUT2D eigenvalue weighted by molar-refractivity contribution is -0.116. The molecule has 0 aromatic rings. The van der Waals surface area contributed by atoms with Crippen LogP contribution in [0.5, 0.6) is 0 Å². The van der Waals surface area contributed by atoms with Gasteiger partial charge in [0, 0.05) is 33.1 Å². The van der Waals surface area contributed by atoms with Crippen molar-refractivity contribution < 1.29 is 4.79 Å². The number of carbonyl (C=O) groups is 1. The van der Waals surface area contributed by atoms with Crippen molar-refractivity contribution in [2.75, 3.05) is 32.7 Å². The Morgan fingerprint density at radius 2 is 2.10 bits per heavy atom. The molecule has 0 aromatic heterocycles. The molecule has 1 aliphatic heterocycles. The fraction of sp³-hybridized carbons (Fsp3) is 0.714. The average molecular weight is 141 g/mol. The molecule has 1 saturated heterocycles. The average Bonchev–Trinajstić information content (AvgIpc) is 1.88. The van der Waals surface area contributed by atoms with Gasteiger partial charge in [-0.2, -0.15) is 0 Å². The van der Waals surface area contributed by atoms with Crippen LogP contribution < -0.4 is 5.32 Å². The molecule has 0 aromatic carbocycles. The first-order valence-electron chi connectivity index (χ1n) is 3.57. The molecule has 0 atom stereocenters. The number of nitrogens with zero attached hydrogens (tertiary/aromatic N) is 1. The Hall–Kier alpha value is -0.410. The summed E-state index contributed by atoms with van der Waals surface area (Å²) in [4.78, 5) is 12.7. The van der Waals surface area contributed by atoms with Crippen molar-refractivity contribution in [2.45, 2.75) is 0 Å². The fourth-order valence-electron chi connectivity index (χ4n) is 1.12. The lowest BCUT2D eigenvalue weighted by atomic mass is 10.3. The van der Waals surface area contributed by atoms with Crippen LogP contribution in [0, 0.1) is 6.92 Å². The molecule has 1 aliphatic rings. The third-order valence-electron chi connectivity index (χ3n) is 1.61. The molecule has 1 heterocycles. The van der Waals surface area contributed by atoms with E-state index in [4.69, 9.17) is 0 Å². The minimum Gasteiger partial charge on any atom is -0.314 e. The Kier molecular flexibility index (Phi) is 2.83. The molecule has 57 valence electrons. The van der Waals surface area contributed by atoms with Gasteiger partial charge in [-0.1, -0.05) is 0 Å². The smallest absolute Gasteiger partial charge is 0.147 e. The van der Waals surface area contributed by atoms with E-state index in [1.54, 1.807) is 0 Å². The first kappa shape index (κ1) is 7.69. The maximum Gasteiger partial charge on any atom is 0.147 e. The van der Waals surface area contributed by atoms with E-state index in [-0.39, 0.29) is 5.78 Å². The zero-order chi connectivity index (χ0) is 7.40. The number of piperazine rings is 1. The number of nitrogens with one attached hydrogen (secondary N) is 1. The largest absolute Gasteiger partial charge is 0.314 e. The standard InChI is InChI=1S/C7H13N2O/c1-7(10)6-9-4-2-8-3-5-9/h8H,1-6H2. The van der Waals surface area contributed by atoms with Crippen molar-refractivity contribution in [1.82, 2.24) is 10.2 Å². The number of ketones is 1. The van der Waals surface area contributed by atoms with E-state index in [0.29, 0.717) is 6.54 Å². The van der Waals surface area contributed by atoms with Crippen LogP contribution in [0.3, 0.4) is 0 Å². The summed E-state index contributed by atoms with van der Waals surface area (Å²) in [6.45, 7) is 7.78. The summed E-state index contributed by atoms with van der Waals surface area (Å²) in [6.07, 6.45) is 0. The molecular formula is C7H13N2O. The summed E-state index contributed by atoms with van der Waals surface area (Å²) in [7, 11) is 0. The van der Waals surface area contributed by atoms with Crippen LogP contribution in [0.1, 0.15) is 0 Å². The van der Waals surface area contributed by atoms with Gasteiger partial charge in [-0.15, -0.1) is 0 Å². The summed E-state index contributed by atoms with van der Waals surface area (Å²) in [5.74, 6) is 0.0156. The third kappa shape index (κ3) is 2.45. The van der Waals surface area contributed by atoms with Gasteiger partial charge in [0.15, 0.2) is 0 Å². The summed E-state index contributed by atoms with van der Waals surface area (Å²) < 4.78 is 0. The summed E-state index contributed by atoms with van der Waals surface area (Å²) in [5, 5.41) is 3.21. The van der Waals surface area contributed by atoms with E-state index < -0.39 is 0 Å². The highest BCUT2D eigenvalue weighted by atomic mass is 16.1. The lowest BCUT2D eigenvalue weighted by Crippen LogP contribution is -2.45. The van der Waals surface area contributed by atoms with Crippen LogP contribution in [0.2, 0.25) is 0 Å². The van der Waals surface area contributed by atoms with Gasteiger partial charge in [0.25, 0.3) is 0 Å². The van der Waals surface area contributed by atoms with Gasteiger partial charge in [-0.25, -0.2) is 0 Å². The van der Waals surface area contributed by atoms with Crippen molar-refractivity contribution in [3.05, 3.63) is 6.92 Å². The zero-order valence-electron chi connectivity index (χ0n) is 6.10. The highest BCUT2D eigenvalue weighted by Crippen LogP contribution is 1.90. The monoisotopic (exact) mass is 141 g/mol. The summed E-state index contributed by atoms with van der Waals surface area (Å²) in [6, 6.07) is 0. The van der Waals surface area contributed by atoms with Crippen LogP contribution in [0.4, 0.5) is 0 Å². The van der Waals surface area contributed by atoms with Gasteiger partial charge >= 0.3 is 0 Å². The predicted octanol–water partition coefficient (Wildman–Crippen LogP) is -0.705. The molecule has 1 fully saturated rings. The highest BCUT2D eigenvalue weighted by molar-refractivity contribution is 5.84. The lowest BCUT2D eigenvalue weighted by Gasteiger charge is -2.25. The Morgan fingerprint density at radius 1 is 1.50 bits per heavy atom. The minimum absolute atomic E-state index is 0.0156. The van der Waals surface area contributed by atoms with Gasteiger partial charge < -0.3 is 5.32 Å². The third-order valence-corrected chi connectivity index (χ3v) is 1.61. The van der Waals surface area contributed by atoms with Crippen LogP contribution in [0.15, 0.2) is 0 Å². The molecule has 0 spiro atoms. The van der Waals surface area contributed by atoms with Crippen molar-refractivity contribution >= 4 is 5.78 Å². The van der Waals surface area contributed by atoms with Crippen LogP contribution >= 0.6 is 0 Å². The number of rotatable bonds is 2. The molecule has 1 rings (SSSR count). The second-order valence-corrected chi connectivity index (χ2v) is 2.56. The van der Waals surface area contributed by atoms with E-state index >= 15 is 0 Å². The maximum atomic E-state index is 10.5. The fourth-order valence-corrected chi connectivity index (χ4v) is 1.12. The molecule has 0 aliphatic carbocycles. The van der Waals surface area contributed by atoms with Gasteiger partial charge in [0.05, 0.1) is 6.54 Å². The first-order valence-corrected chi connectivity index (χ1v) is 3.57. The van der Waals surface area contributed by atoms with Crippen molar-refractivity contribution in [2.24, 2.45) is 0 Å². The number of hydrogen-bond acceptors (Lipinski definition) is 3. The summed E-state index contributed by atoms with van der Waals surface area (Å²) >= 11 is 0. The van der Waals surface area contributed by atoms with E-state index in [1.807, 2.05) is 0 Å². The van der Waals surface area contributed by atoms with Crippen LogP contribution in [-0.4, -0.2) is 43.4 Å². The van der Waals surface area contributed by atoms with Gasteiger partial charge in [0.2, 0.25) is 0 Å². The Balaban J connectivity index is 2.19. The van der Waals surface area contributed by atoms with Crippen LogP contribution in [0.25, 0.3) is 0 Å². The molecule has 10 heavy (non-hydrogen) atoms. The topological polar surface area (TPSA) is 32.3 Å². The molecule has 3 nitrogen and oxygen atoms in total. The summed E-state index contributed by atoms with van der Waals surface area (Å²) in [5.41, 5.74) is 0. The highest BCUT2D eigenvalue weighted by Gasteiger charge is 2.09. The van der Waals surface area contributed by atoms with Gasteiger partial charge in [0.1, 0.15) is 5.78 Å². The van der Waals surface area contributed by atoms with Crippen LogP contribution in [-0.2, 0) is 4.79 Å². The molecule has 0 bridgehead atoms. The number of Topliss-reactive ketones (excluding diaryl/α,β-unsaturated/α-hetero) is 1. The second kappa shape index (κ2) is 3.68. The van der Waals surface area contributed by atoms with Crippen molar-refractivity contribution in [3.8, 4) is 0 Å². The minimum atomic E-state index is 0.0156. The zero-order valence-corrected chi connectivity index (χ0v) is 6.10. The Bertz CT molecular complexity index is 119. The normalized spacial score (nSPS) is 20.9. The van der Waals surface area contributed by atoms with Crippen molar-refractivity contribution in [3.63, 3.8) is 0 Å². The maximum absolute atomic E-state index is 10.5. The molecular weight excluding hydrogens is 128 g/mol. The van der Waals surface area contributed by atoms with E-state index in [0.717, 1.165) is 26.2 Å². The molecule has 1 N–H and O–H groups in total. The quantitative estimate of drug-likeness (QED) is 0.551. The van der Waals surface area contributed by atoms with E-state index in [2.05, 4.69) is 17.1 Å². The van der Waals surface area contributed by atoms with E-state index in [1.165, 1.54) is 0 Å². The first-order chi connectivity index (χ1) is 4.79. The molecule has 0 saturated carbocycles. The predicted molar refractivity (Wildman–Crippen MR) is 39.7 cm³/mol. The van der Waals surface area contributed by atoms with Crippen molar-refractivity contribution in [1.29, 1.82) is 0 Å². The number of hydrogen-bond donors (Lipinski definition) is 1. The number of carbonyl (C=O) groups excluding carboxylic acids is 1. The Labute approximate surface area is 61.4 Å². The second-order valence-electron chi connectivity index (χ2n) is 2.56. The Morgan fingerprint density at radius 3 is 2.60 bits per heavy atom. The van der Waals surface area contributed by atoms with Gasteiger partial charge in [-0.3, -0.25) is 9.69 Å². The SMILES string of the molecule is [CH2]C(=O)CN1CCNCC1. The molecule has 1 radical (unpaired) electrons. The van der Waals surface area contributed by atoms with E-state index in [9.17, 15) is 4.79 Å². The molecule has 0 unspecified atom stereocenters. The molecule has 3 heteroatoms. The van der Waals surface area contributed by atoms with Gasteiger partial charge in [-0.05, 0) is 0 Å². The molecule has 0 amide bonds.